The number of piperidine rings is 1. The molecule has 0 spiro atoms. The summed E-state index contributed by atoms with van der Waals surface area (Å²) in [6, 6.07) is 3.56. The maximum Gasteiger partial charge on any atom is 0.251 e. The number of hydrogen-bond acceptors (Lipinski definition) is 4. The molecular formula is C16H26N4O. The predicted molar refractivity (Wildman–Crippen MR) is 85.6 cm³/mol. The topological polar surface area (TPSA) is 57.3 Å². The molecule has 0 radical (unpaired) electrons. The van der Waals surface area contributed by atoms with E-state index in [1.54, 1.807) is 18.3 Å². The standard InChI is InChI=1S/C16H26N4O/c1-4-17-14-11-13(5-8-18-14)15(21)19-12-16(2)6-9-20(3)10-7-16/h5,8,11H,4,6-7,9-10,12H2,1-3H3,(H,17,18)(H,19,21). The highest BCUT2D eigenvalue weighted by Crippen LogP contribution is 2.29. The Morgan fingerprint density at radius 1 is 1.43 bits per heavy atom. The summed E-state index contributed by atoms with van der Waals surface area (Å²) in [6.45, 7) is 8.01. The fraction of sp³-hybridized carbons (Fsp3) is 0.625. The molecule has 5 nitrogen and oxygen atoms in total. The number of nitrogens with one attached hydrogen (secondary N) is 2. The molecule has 2 heterocycles. The van der Waals surface area contributed by atoms with Gasteiger partial charge in [-0.05, 0) is 57.5 Å². The van der Waals surface area contributed by atoms with Crippen LogP contribution in [0.5, 0.6) is 0 Å². The summed E-state index contributed by atoms with van der Waals surface area (Å²) in [5.74, 6) is 0.729. The highest BCUT2D eigenvalue weighted by atomic mass is 16.1. The second-order valence-corrected chi connectivity index (χ2v) is 6.26. The quantitative estimate of drug-likeness (QED) is 0.870. The van der Waals surface area contributed by atoms with Crippen molar-refractivity contribution in [3.05, 3.63) is 23.9 Å². The molecule has 1 fully saturated rings. The molecule has 0 atom stereocenters. The van der Waals surface area contributed by atoms with Crippen molar-refractivity contribution >= 4 is 11.7 Å². The molecule has 21 heavy (non-hydrogen) atoms. The van der Waals surface area contributed by atoms with Crippen molar-refractivity contribution in [3.63, 3.8) is 0 Å². The van der Waals surface area contributed by atoms with Gasteiger partial charge in [-0.25, -0.2) is 4.98 Å². The van der Waals surface area contributed by atoms with Crippen LogP contribution in [0.25, 0.3) is 0 Å². The summed E-state index contributed by atoms with van der Waals surface area (Å²) in [7, 11) is 2.15. The van der Waals surface area contributed by atoms with Crippen molar-refractivity contribution in [2.45, 2.75) is 26.7 Å². The van der Waals surface area contributed by atoms with Gasteiger partial charge in [0, 0.05) is 24.8 Å². The third kappa shape index (κ3) is 4.43. The van der Waals surface area contributed by atoms with Gasteiger partial charge >= 0.3 is 0 Å². The zero-order chi connectivity index (χ0) is 15.3. The summed E-state index contributed by atoms with van der Waals surface area (Å²) in [5.41, 5.74) is 0.872. The smallest absolute Gasteiger partial charge is 0.251 e. The number of rotatable bonds is 5. The third-order valence-corrected chi connectivity index (χ3v) is 4.25. The van der Waals surface area contributed by atoms with Gasteiger partial charge in [0.2, 0.25) is 0 Å². The van der Waals surface area contributed by atoms with Crippen molar-refractivity contribution in [2.24, 2.45) is 5.41 Å². The monoisotopic (exact) mass is 290 g/mol. The Bertz CT molecular complexity index is 481. The lowest BCUT2D eigenvalue weighted by atomic mass is 9.80. The zero-order valence-corrected chi connectivity index (χ0v) is 13.3. The largest absolute Gasteiger partial charge is 0.370 e. The molecule has 1 aromatic rings. The van der Waals surface area contributed by atoms with E-state index in [9.17, 15) is 4.79 Å². The van der Waals surface area contributed by atoms with E-state index in [4.69, 9.17) is 0 Å². The molecule has 0 aromatic carbocycles. The van der Waals surface area contributed by atoms with Crippen LogP contribution in [0.3, 0.4) is 0 Å². The van der Waals surface area contributed by atoms with Gasteiger partial charge in [0.15, 0.2) is 0 Å². The van der Waals surface area contributed by atoms with Crippen molar-refractivity contribution < 1.29 is 4.79 Å². The van der Waals surface area contributed by atoms with Crippen LogP contribution in [0.4, 0.5) is 5.82 Å². The molecule has 2 N–H and O–H groups in total. The van der Waals surface area contributed by atoms with Crippen molar-refractivity contribution in [3.8, 4) is 0 Å². The van der Waals surface area contributed by atoms with E-state index in [1.807, 2.05) is 6.92 Å². The van der Waals surface area contributed by atoms with Gasteiger partial charge < -0.3 is 15.5 Å². The van der Waals surface area contributed by atoms with Crippen LogP contribution in [0.2, 0.25) is 0 Å². The molecule has 1 aliphatic rings. The lowest BCUT2D eigenvalue weighted by molar-refractivity contribution is 0.0891. The molecule has 0 saturated carbocycles. The van der Waals surface area contributed by atoms with Gasteiger partial charge in [-0.1, -0.05) is 6.92 Å². The Morgan fingerprint density at radius 2 is 2.14 bits per heavy atom. The van der Waals surface area contributed by atoms with E-state index in [0.29, 0.717) is 5.56 Å². The average Bonchev–Trinajstić information content (AvgIpc) is 2.49. The molecule has 1 amide bonds. The first-order valence-electron chi connectivity index (χ1n) is 7.69. The Morgan fingerprint density at radius 3 is 2.81 bits per heavy atom. The van der Waals surface area contributed by atoms with Gasteiger partial charge in [0.1, 0.15) is 5.82 Å². The molecule has 1 saturated heterocycles. The number of likely N-dealkylation sites (tertiary alicyclic amines) is 1. The van der Waals surface area contributed by atoms with Crippen molar-refractivity contribution in [1.29, 1.82) is 0 Å². The fourth-order valence-electron chi connectivity index (χ4n) is 2.58. The number of carbonyl (C=O) groups is 1. The first-order chi connectivity index (χ1) is 10.0. The first-order valence-corrected chi connectivity index (χ1v) is 7.69. The van der Waals surface area contributed by atoms with Crippen LogP contribution in [0, 0.1) is 5.41 Å². The molecular weight excluding hydrogens is 264 g/mol. The van der Waals surface area contributed by atoms with E-state index >= 15 is 0 Å². The number of anilines is 1. The number of amides is 1. The average molecular weight is 290 g/mol. The van der Waals surface area contributed by atoms with Crippen molar-refractivity contribution in [2.75, 3.05) is 38.5 Å². The van der Waals surface area contributed by atoms with Crippen LogP contribution in [0.15, 0.2) is 18.3 Å². The molecule has 2 rings (SSSR count). The van der Waals surface area contributed by atoms with E-state index in [2.05, 4.69) is 34.5 Å². The summed E-state index contributed by atoms with van der Waals surface area (Å²) < 4.78 is 0. The molecule has 116 valence electrons. The number of pyridine rings is 1. The molecule has 0 unspecified atom stereocenters. The number of carbonyl (C=O) groups excluding carboxylic acids is 1. The van der Waals surface area contributed by atoms with Gasteiger partial charge in [-0.3, -0.25) is 4.79 Å². The first kappa shape index (κ1) is 15.8. The van der Waals surface area contributed by atoms with E-state index in [1.165, 1.54) is 0 Å². The second kappa shape index (κ2) is 6.89. The minimum absolute atomic E-state index is 0.0169. The van der Waals surface area contributed by atoms with Crippen LogP contribution in [-0.4, -0.2) is 49.0 Å². The summed E-state index contributed by atoms with van der Waals surface area (Å²) in [4.78, 5) is 18.8. The second-order valence-electron chi connectivity index (χ2n) is 6.26. The molecule has 5 heteroatoms. The minimum Gasteiger partial charge on any atom is -0.370 e. The van der Waals surface area contributed by atoms with Crippen LogP contribution in [0.1, 0.15) is 37.0 Å². The minimum atomic E-state index is -0.0169. The molecule has 1 aliphatic heterocycles. The van der Waals surface area contributed by atoms with Crippen LogP contribution < -0.4 is 10.6 Å². The van der Waals surface area contributed by atoms with E-state index in [-0.39, 0.29) is 11.3 Å². The Hall–Kier alpha value is -1.62. The number of hydrogen-bond donors (Lipinski definition) is 2. The van der Waals surface area contributed by atoms with E-state index < -0.39 is 0 Å². The zero-order valence-electron chi connectivity index (χ0n) is 13.3. The Kier molecular flexibility index (Phi) is 5.17. The van der Waals surface area contributed by atoms with Gasteiger partial charge in [0.05, 0.1) is 0 Å². The molecule has 0 bridgehead atoms. The summed E-state index contributed by atoms with van der Waals surface area (Å²) in [6.07, 6.45) is 3.93. The molecule has 1 aromatic heterocycles. The summed E-state index contributed by atoms with van der Waals surface area (Å²) in [5, 5.41) is 6.20. The molecule has 0 aliphatic carbocycles. The highest BCUT2D eigenvalue weighted by Gasteiger charge is 2.29. The lowest BCUT2D eigenvalue weighted by Gasteiger charge is -2.37. The van der Waals surface area contributed by atoms with Gasteiger partial charge in [-0.2, -0.15) is 0 Å². The number of nitrogens with zero attached hydrogens (tertiary/aromatic N) is 2. The van der Waals surface area contributed by atoms with Gasteiger partial charge in [0.25, 0.3) is 5.91 Å². The summed E-state index contributed by atoms with van der Waals surface area (Å²) >= 11 is 0. The van der Waals surface area contributed by atoms with Gasteiger partial charge in [-0.15, -0.1) is 0 Å². The van der Waals surface area contributed by atoms with Crippen LogP contribution in [-0.2, 0) is 0 Å². The third-order valence-electron chi connectivity index (χ3n) is 4.25. The lowest BCUT2D eigenvalue weighted by Crippen LogP contribution is -2.43. The maximum atomic E-state index is 12.3. The fourth-order valence-corrected chi connectivity index (χ4v) is 2.58. The van der Waals surface area contributed by atoms with Crippen molar-refractivity contribution in [1.82, 2.24) is 15.2 Å². The Balaban J connectivity index is 1.91. The van der Waals surface area contributed by atoms with Crippen LogP contribution >= 0.6 is 0 Å². The SMILES string of the molecule is CCNc1cc(C(=O)NCC2(C)CCN(C)CC2)ccn1. The maximum absolute atomic E-state index is 12.3. The highest BCUT2D eigenvalue weighted by molar-refractivity contribution is 5.94. The predicted octanol–water partition coefficient (Wildman–Crippen LogP) is 1.98. The normalized spacial score (nSPS) is 18.2. The van der Waals surface area contributed by atoms with E-state index in [0.717, 1.165) is 44.8 Å². The Labute approximate surface area is 127 Å². The number of aromatic nitrogens is 1.